The van der Waals surface area contributed by atoms with Crippen molar-refractivity contribution in [2.24, 2.45) is 0 Å². The van der Waals surface area contributed by atoms with E-state index >= 15 is 0 Å². The number of nitrogens with one attached hydrogen (secondary N) is 1. The molecule has 0 saturated carbocycles. The van der Waals surface area contributed by atoms with Gasteiger partial charge >= 0.3 is 0 Å². The van der Waals surface area contributed by atoms with E-state index in [-0.39, 0.29) is 0 Å². The third-order valence-electron chi connectivity index (χ3n) is 3.57. The zero-order valence-electron chi connectivity index (χ0n) is 11.1. The van der Waals surface area contributed by atoms with Gasteiger partial charge in [0.1, 0.15) is 0 Å². The highest BCUT2D eigenvalue weighted by Crippen LogP contribution is 2.15. The molecule has 1 N–H and O–H groups in total. The SMILES string of the molecule is Cc1ccc(NCCN2CCCCC2)c(C)c1. The number of likely N-dealkylation sites (tertiary alicyclic amines) is 1. The molecule has 1 aliphatic rings. The fourth-order valence-electron chi connectivity index (χ4n) is 2.54. The second-order valence-corrected chi connectivity index (χ2v) is 5.15. The Morgan fingerprint density at radius 1 is 1.12 bits per heavy atom. The molecule has 0 unspecified atom stereocenters. The summed E-state index contributed by atoms with van der Waals surface area (Å²) in [7, 11) is 0. The fourth-order valence-corrected chi connectivity index (χ4v) is 2.54. The van der Waals surface area contributed by atoms with Crippen LogP contribution in [0.2, 0.25) is 0 Å². The molecule has 0 amide bonds. The molecule has 0 aromatic heterocycles. The molecular weight excluding hydrogens is 208 g/mol. The van der Waals surface area contributed by atoms with Gasteiger partial charge in [-0.1, -0.05) is 24.1 Å². The van der Waals surface area contributed by atoms with Gasteiger partial charge in [-0.2, -0.15) is 0 Å². The Balaban J connectivity index is 1.77. The van der Waals surface area contributed by atoms with Gasteiger partial charge in [0.25, 0.3) is 0 Å². The quantitative estimate of drug-likeness (QED) is 0.857. The van der Waals surface area contributed by atoms with E-state index in [1.165, 1.54) is 55.7 Å². The van der Waals surface area contributed by atoms with Crippen molar-refractivity contribution < 1.29 is 0 Å². The summed E-state index contributed by atoms with van der Waals surface area (Å²) in [6.45, 7) is 9.13. The van der Waals surface area contributed by atoms with Crippen LogP contribution >= 0.6 is 0 Å². The summed E-state index contributed by atoms with van der Waals surface area (Å²) in [6.07, 6.45) is 4.17. The van der Waals surface area contributed by atoms with Crippen LogP contribution in [0.1, 0.15) is 30.4 Å². The van der Waals surface area contributed by atoms with Crippen LogP contribution in [0.3, 0.4) is 0 Å². The first-order chi connectivity index (χ1) is 8.25. The van der Waals surface area contributed by atoms with E-state index in [4.69, 9.17) is 0 Å². The predicted octanol–water partition coefficient (Wildman–Crippen LogP) is 3.20. The summed E-state index contributed by atoms with van der Waals surface area (Å²) >= 11 is 0. The number of nitrogens with zero attached hydrogens (tertiary/aromatic N) is 1. The van der Waals surface area contributed by atoms with Crippen molar-refractivity contribution in [3.8, 4) is 0 Å². The van der Waals surface area contributed by atoms with Gasteiger partial charge < -0.3 is 10.2 Å². The molecule has 0 spiro atoms. The van der Waals surface area contributed by atoms with Crippen LogP contribution < -0.4 is 5.32 Å². The zero-order chi connectivity index (χ0) is 12.1. The van der Waals surface area contributed by atoms with Gasteiger partial charge in [0, 0.05) is 18.8 Å². The first-order valence-electron chi connectivity index (χ1n) is 6.79. The average molecular weight is 232 g/mol. The van der Waals surface area contributed by atoms with Crippen LogP contribution in [0.4, 0.5) is 5.69 Å². The Bertz CT molecular complexity index is 354. The minimum atomic E-state index is 1.06. The Morgan fingerprint density at radius 3 is 2.59 bits per heavy atom. The molecular formula is C15H24N2. The van der Waals surface area contributed by atoms with Crippen molar-refractivity contribution in [3.63, 3.8) is 0 Å². The van der Waals surface area contributed by atoms with Gasteiger partial charge in [-0.25, -0.2) is 0 Å². The molecule has 2 rings (SSSR count). The topological polar surface area (TPSA) is 15.3 Å². The maximum atomic E-state index is 3.55. The smallest absolute Gasteiger partial charge is 0.0370 e. The van der Waals surface area contributed by atoms with Crippen LogP contribution in [0.25, 0.3) is 0 Å². The van der Waals surface area contributed by atoms with Crippen molar-refractivity contribution in [2.75, 3.05) is 31.5 Å². The number of hydrogen-bond donors (Lipinski definition) is 1. The molecule has 1 saturated heterocycles. The second kappa shape index (κ2) is 6.06. The Labute approximate surface area is 105 Å². The van der Waals surface area contributed by atoms with Gasteiger partial charge in [-0.3, -0.25) is 0 Å². The van der Waals surface area contributed by atoms with Crippen molar-refractivity contribution in [1.29, 1.82) is 0 Å². The maximum absolute atomic E-state index is 3.55. The standard InChI is InChI=1S/C15H24N2/c1-13-6-7-15(14(2)12-13)16-8-11-17-9-4-3-5-10-17/h6-7,12,16H,3-5,8-11H2,1-2H3. The first-order valence-corrected chi connectivity index (χ1v) is 6.79. The Kier molecular flexibility index (Phi) is 4.43. The van der Waals surface area contributed by atoms with Gasteiger partial charge in [-0.15, -0.1) is 0 Å². The Hall–Kier alpha value is -1.02. The number of rotatable bonds is 4. The molecule has 1 fully saturated rings. The molecule has 0 aliphatic carbocycles. The molecule has 0 atom stereocenters. The highest BCUT2D eigenvalue weighted by atomic mass is 15.1. The van der Waals surface area contributed by atoms with Crippen molar-refractivity contribution >= 4 is 5.69 Å². The second-order valence-electron chi connectivity index (χ2n) is 5.15. The van der Waals surface area contributed by atoms with Gasteiger partial charge in [0.05, 0.1) is 0 Å². The third kappa shape index (κ3) is 3.74. The summed E-state index contributed by atoms with van der Waals surface area (Å²) in [5.41, 5.74) is 3.97. The lowest BCUT2D eigenvalue weighted by molar-refractivity contribution is 0.237. The highest BCUT2D eigenvalue weighted by Gasteiger charge is 2.08. The maximum Gasteiger partial charge on any atom is 0.0370 e. The molecule has 1 aromatic rings. The summed E-state index contributed by atoms with van der Waals surface area (Å²) in [5.74, 6) is 0. The normalized spacial score (nSPS) is 17.1. The molecule has 1 aromatic carbocycles. The van der Waals surface area contributed by atoms with Crippen LogP contribution in [-0.4, -0.2) is 31.1 Å². The lowest BCUT2D eigenvalue weighted by Crippen LogP contribution is -2.33. The lowest BCUT2D eigenvalue weighted by atomic mass is 10.1. The van der Waals surface area contributed by atoms with Gasteiger partial charge in [0.2, 0.25) is 0 Å². The molecule has 17 heavy (non-hydrogen) atoms. The van der Waals surface area contributed by atoms with Crippen LogP contribution in [0.5, 0.6) is 0 Å². The van der Waals surface area contributed by atoms with E-state index < -0.39 is 0 Å². The Morgan fingerprint density at radius 2 is 1.88 bits per heavy atom. The summed E-state index contributed by atoms with van der Waals surface area (Å²) < 4.78 is 0. The minimum absolute atomic E-state index is 1.06. The van der Waals surface area contributed by atoms with Gasteiger partial charge in [-0.05, 0) is 51.4 Å². The summed E-state index contributed by atoms with van der Waals surface area (Å²) in [6, 6.07) is 6.61. The fraction of sp³-hybridized carbons (Fsp3) is 0.600. The largest absolute Gasteiger partial charge is 0.384 e. The monoisotopic (exact) mass is 232 g/mol. The van der Waals surface area contributed by atoms with E-state index in [9.17, 15) is 0 Å². The summed E-state index contributed by atoms with van der Waals surface area (Å²) in [5, 5.41) is 3.55. The van der Waals surface area contributed by atoms with E-state index in [1.807, 2.05) is 0 Å². The van der Waals surface area contributed by atoms with Crippen LogP contribution in [-0.2, 0) is 0 Å². The van der Waals surface area contributed by atoms with Crippen LogP contribution in [0, 0.1) is 13.8 Å². The van der Waals surface area contributed by atoms with Gasteiger partial charge in [0.15, 0.2) is 0 Å². The molecule has 2 nitrogen and oxygen atoms in total. The molecule has 1 heterocycles. The number of benzene rings is 1. The third-order valence-corrected chi connectivity index (χ3v) is 3.57. The average Bonchev–Trinajstić information content (AvgIpc) is 2.33. The van der Waals surface area contributed by atoms with Crippen molar-refractivity contribution in [1.82, 2.24) is 4.90 Å². The highest BCUT2D eigenvalue weighted by molar-refractivity contribution is 5.51. The van der Waals surface area contributed by atoms with E-state index in [1.54, 1.807) is 0 Å². The van der Waals surface area contributed by atoms with Crippen molar-refractivity contribution in [3.05, 3.63) is 29.3 Å². The number of piperidine rings is 1. The van der Waals surface area contributed by atoms with Crippen LogP contribution in [0.15, 0.2) is 18.2 Å². The van der Waals surface area contributed by atoms with E-state index in [0.29, 0.717) is 0 Å². The molecule has 94 valence electrons. The van der Waals surface area contributed by atoms with Crippen molar-refractivity contribution in [2.45, 2.75) is 33.1 Å². The van der Waals surface area contributed by atoms with E-state index in [0.717, 1.165) is 6.54 Å². The number of hydrogen-bond acceptors (Lipinski definition) is 2. The lowest BCUT2D eigenvalue weighted by Gasteiger charge is -2.26. The molecule has 0 radical (unpaired) electrons. The summed E-state index contributed by atoms with van der Waals surface area (Å²) in [4.78, 5) is 2.57. The van der Waals surface area contributed by atoms with E-state index in [2.05, 4.69) is 42.3 Å². The predicted molar refractivity (Wildman–Crippen MR) is 74.7 cm³/mol. The minimum Gasteiger partial charge on any atom is -0.384 e. The molecule has 2 heteroatoms. The number of anilines is 1. The number of aryl methyl sites for hydroxylation is 2. The molecule has 1 aliphatic heterocycles. The zero-order valence-corrected chi connectivity index (χ0v) is 11.1. The molecule has 0 bridgehead atoms. The first kappa shape index (κ1) is 12.4.